The predicted molar refractivity (Wildman–Crippen MR) is 65.3 cm³/mol. The van der Waals surface area contributed by atoms with Crippen LogP contribution in [-0.4, -0.2) is 23.2 Å². The van der Waals surface area contributed by atoms with Crippen molar-refractivity contribution in [2.24, 2.45) is 0 Å². The molecule has 1 heterocycles. The molecule has 1 aromatic heterocycles. The van der Waals surface area contributed by atoms with E-state index >= 15 is 0 Å². The lowest BCUT2D eigenvalue weighted by Crippen LogP contribution is -2.02. The number of ether oxygens (including phenoxy) is 1. The van der Waals surface area contributed by atoms with Crippen molar-refractivity contribution in [1.82, 2.24) is 4.98 Å². The van der Waals surface area contributed by atoms with E-state index in [0.29, 0.717) is 16.4 Å². The minimum Gasteiger partial charge on any atom is -0.494 e. The van der Waals surface area contributed by atoms with Gasteiger partial charge in [-0.25, -0.2) is 14.2 Å². The van der Waals surface area contributed by atoms with Gasteiger partial charge >= 0.3 is 5.97 Å². The van der Waals surface area contributed by atoms with Crippen LogP contribution in [0.4, 0.5) is 15.1 Å². The largest absolute Gasteiger partial charge is 0.494 e. The highest BCUT2D eigenvalue weighted by Gasteiger charge is 2.15. The molecule has 0 saturated heterocycles. The van der Waals surface area contributed by atoms with E-state index in [-0.39, 0.29) is 5.69 Å². The highest BCUT2D eigenvalue weighted by atomic mass is 32.1. The Bertz CT molecular complexity index is 585. The van der Waals surface area contributed by atoms with Crippen molar-refractivity contribution in [3.05, 3.63) is 35.2 Å². The third-order valence-corrected chi connectivity index (χ3v) is 2.92. The number of rotatable bonds is 4. The molecule has 0 saturated carbocycles. The van der Waals surface area contributed by atoms with E-state index < -0.39 is 11.8 Å². The number of anilines is 2. The van der Waals surface area contributed by atoms with Crippen molar-refractivity contribution >= 4 is 28.0 Å². The quantitative estimate of drug-likeness (QED) is 0.892. The molecule has 0 bridgehead atoms. The molecule has 7 heteroatoms. The van der Waals surface area contributed by atoms with Crippen LogP contribution in [-0.2, 0) is 0 Å². The molecule has 5 nitrogen and oxygen atoms in total. The standard InChI is InChI=1S/C11H9FN2O3S/c1-17-8-4-6(12)2-3-7(8)14-10-9(11(15)16)13-5-18-10/h2-5,14H,1H3,(H,15,16). The first-order chi connectivity index (χ1) is 8.61. The number of nitrogens with one attached hydrogen (secondary N) is 1. The molecule has 94 valence electrons. The minimum absolute atomic E-state index is 0.0774. The maximum atomic E-state index is 13.0. The van der Waals surface area contributed by atoms with Crippen molar-refractivity contribution in [2.45, 2.75) is 0 Å². The summed E-state index contributed by atoms with van der Waals surface area (Å²) in [7, 11) is 1.41. The molecule has 0 amide bonds. The number of aromatic nitrogens is 1. The number of carboxylic acids is 1. The van der Waals surface area contributed by atoms with Crippen LogP contribution in [0.1, 0.15) is 10.5 Å². The van der Waals surface area contributed by atoms with E-state index in [1.165, 1.54) is 30.8 Å². The summed E-state index contributed by atoms with van der Waals surface area (Å²) in [5.41, 5.74) is 1.82. The van der Waals surface area contributed by atoms with Crippen LogP contribution in [0, 0.1) is 5.82 Å². The molecular formula is C11H9FN2O3S. The third-order valence-electron chi connectivity index (χ3n) is 2.18. The number of benzene rings is 1. The Labute approximate surface area is 106 Å². The van der Waals surface area contributed by atoms with Gasteiger partial charge in [-0.05, 0) is 12.1 Å². The Morgan fingerprint density at radius 3 is 3.00 bits per heavy atom. The van der Waals surface area contributed by atoms with Gasteiger partial charge in [0.05, 0.1) is 18.3 Å². The molecule has 2 N–H and O–H groups in total. The van der Waals surface area contributed by atoms with Gasteiger partial charge in [0.15, 0.2) is 5.69 Å². The molecule has 1 aromatic carbocycles. The molecular weight excluding hydrogens is 259 g/mol. The van der Waals surface area contributed by atoms with Crippen molar-refractivity contribution in [3.8, 4) is 5.75 Å². The maximum Gasteiger partial charge on any atom is 0.357 e. The Morgan fingerprint density at radius 2 is 2.33 bits per heavy atom. The summed E-state index contributed by atoms with van der Waals surface area (Å²) in [5.74, 6) is -1.26. The van der Waals surface area contributed by atoms with Crippen LogP contribution in [0.5, 0.6) is 5.75 Å². The maximum absolute atomic E-state index is 13.0. The molecule has 0 aliphatic carbocycles. The van der Waals surface area contributed by atoms with Crippen LogP contribution < -0.4 is 10.1 Å². The summed E-state index contributed by atoms with van der Waals surface area (Å²) in [6.45, 7) is 0. The second kappa shape index (κ2) is 5.01. The van der Waals surface area contributed by atoms with Gasteiger partial charge in [0.25, 0.3) is 0 Å². The lowest BCUT2D eigenvalue weighted by molar-refractivity contribution is 0.0692. The molecule has 0 spiro atoms. The number of carboxylic acid groups (broad SMARTS) is 1. The van der Waals surface area contributed by atoms with Crippen molar-refractivity contribution in [3.63, 3.8) is 0 Å². The summed E-state index contributed by atoms with van der Waals surface area (Å²) in [4.78, 5) is 14.6. The Kier molecular flexibility index (Phi) is 3.42. The Hall–Kier alpha value is -2.15. The fourth-order valence-electron chi connectivity index (χ4n) is 1.38. The van der Waals surface area contributed by atoms with Crippen LogP contribution in [0.2, 0.25) is 0 Å². The predicted octanol–water partition coefficient (Wildman–Crippen LogP) is 2.73. The number of nitrogens with zero attached hydrogens (tertiary/aromatic N) is 1. The molecule has 0 aliphatic rings. The van der Waals surface area contributed by atoms with Crippen molar-refractivity contribution < 1.29 is 19.0 Å². The zero-order valence-corrected chi connectivity index (χ0v) is 10.1. The number of thiazole rings is 1. The summed E-state index contributed by atoms with van der Waals surface area (Å²) in [6.07, 6.45) is 0. The minimum atomic E-state index is -1.13. The van der Waals surface area contributed by atoms with E-state index in [2.05, 4.69) is 10.3 Å². The first kappa shape index (κ1) is 12.3. The first-order valence-corrected chi connectivity index (χ1v) is 5.77. The zero-order valence-electron chi connectivity index (χ0n) is 9.31. The summed E-state index contributed by atoms with van der Waals surface area (Å²) >= 11 is 1.14. The van der Waals surface area contributed by atoms with E-state index in [0.717, 1.165) is 11.3 Å². The topological polar surface area (TPSA) is 71.5 Å². The van der Waals surface area contributed by atoms with Gasteiger partial charge in [0.2, 0.25) is 0 Å². The average molecular weight is 268 g/mol. The molecule has 0 radical (unpaired) electrons. The van der Waals surface area contributed by atoms with Gasteiger partial charge in [0, 0.05) is 6.07 Å². The number of carbonyl (C=O) groups is 1. The van der Waals surface area contributed by atoms with Crippen LogP contribution >= 0.6 is 11.3 Å². The molecule has 0 unspecified atom stereocenters. The summed E-state index contributed by atoms with van der Waals surface area (Å²) in [6, 6.07) is 3.94. The lowest BCUT2D eigenvalue weighted by atomic mass is 10.3. The fraction of sp³-hybridized carbons (Fsp3) is 0.0909. The second-order valence-corrected chi connectivity index (χ2v) is 4.16. The van der Waals surface area contributed by atoms with Gasteiger partial charge in [-0.2, -0.15) is 0 Å². The molecule has 0 aliphatic heterocycles. The van der Waals surface area contributed by atoms with Crippen LogP contribution in [0.15, 0.2) is 23.7 Å². The summed E-state index contributed by atoms with van der Waals surface area (Å²) in [5, 5.41) is 12.1. The van der Waals surface area contributed by atoms with Crippen LogP contribution in [0.3, 0.4) is 0 Å². The average Bonchev–Trinajstić information content (AvgIpc) is 2.79. The van der Waals surface area contributed by atoms with E-state index in [4.69, 9.17) is 9.84 Å². The smallest absolute Gasteiger partial charge is 0.357 e. The molecule has 18 heavy (non-hydrogen) atoms. The molecule has 2 aromatic rings. The van der Waals surface area contributed by atoms with E-state index in [1.54, 1.807) is 0 Å². The number of methoxy groups -OCH3 is 1. The normalized spacial score (nSPS) is 10.1. The van der Waals surface area contributed by atoms with Crippen molar-refractivity contribution in [1.29, 1.82) is 0 Å². The number of aromatic carboxylic acids is 1. The van der Waals surface area contributed by atoms with Gasteiger partial charge in [-0.1, -0.05) is 0 Å². The Balaban J connectivity index is 2.34. The molecule has 2 rings (SSSR count). The molecule has 0 atom stereocenters. The fourth-order valence-corrected chi connectivity index (χ4v) is 2.06. The summed E-state index contributed by atoms with van der Waals surface area (Å²) < 4.78 is 18.0. The third kappa shape index (κ3) is 2.40. The molecule has 0 fully saturated rings. The highest BCUT2D eigenvalue weighted by Crippen LogP contribution is 2.31. The number of hydrogen-bond acceptors (Lipinski definition) is 5. The zero-order chi connectivity index (χ0) is 13.1. The lowest BCUT2D eigenvalue weighted by Gasteiger charge is -2.09. The monoisotopic (exact) mass is 268 g/mol. The van der Waals surface area contributed by atoms with Gasteiger partial charge in [-0.3, -0.25) is 0 Å². The van der Waals surface area contributed by atoms with E-state index in [9.17, 15) is 9.18 Å². The Morgan fingerprint density at radius 1 is 1.56 bits per heavy atom. The highest BCUT2D eigenvalue weighted by molar-refractivity contribution is 7.14. The van der Waals surface area contributed by atoms with Gasteiger partial charge in [0.1, 0.15) is 16.6 Å². The first-order valence-electron chi connectivity index (χ1n) is 4.89. The van der Waals surface area contributed by atoms with Crippen LogP contribution in [0.25, 0.3) is 0 Å². The SMILES string of the molecule is COc1cc(F)ccc1Nc1scnc1C(=O)O. The number of hydrogen-bond donors (Lipinski definition) is 2. The van der Waals surface area contributed by atoms with Crippen molar-refractivity contribution in [2.75, 3.05) is 12.4 Å². The number of halogens is 1. The van der Waals surface area contributed by atoms with E-state index in [1.807, 2.05) is 0 Å². The second-order valence-electron chi connectivity index (χ2n) is 3.30. The van der Waals surface area contributed by atoms with Gasteiger partial charge in [-0.15, -0.1) is 11.3 Å². The van der Waals surface area contributed by atoms with Gasteiger partial charge < -0.3 is 15.2 Å².